The lowest BCUT2D eigenvalue weighted by atomic mass is 9.94. The predicted octanol–water partition coefficient (Wildman–Crippen LogP) is 5.97. The number of hydrogen-bond donors (Lipinski definition) is 0. The summed E-state index contributed by atoms with van der Waals surface area (Å²) in [5.41, 5.74) is 4.71. The van der Waals surface area contributed by atoms with Gasteiger partial charge in [-0.1, -0.05) is 60.3 Å². The van der Waals surface area contributed by atoms with E-state index in [4.69, 9.17) is 9.72 Å². The van der Waals surface area contributed by atoms with Crippen LogP contribution in [0.2, 0.25) is 0 Å². The fourth-order valence-corrected chi connectivity index (χ4v) is 5.40. The summed E-state index contributed by atoms with van der Waals surface area (Å²) in [7, 11) is 1.41. The fraction of sp³-hybridized carbons (Fsp3) is 0.179. The van der Waals surface area contributed by atoms with Gasteiger partial charge in [-0.05, 0) is 36.6 Å². The van der Waals surface area contributed by atoms with E-state index in [0.717, 1.165) is 51.4 Å². The summed E-state index contributed by atoms with van der Waals surface area (Å²) in [6.07, 6.45) is 5.75. The zero-order chi connectivity index (χ0) is 24.5. The van der Waals surface area contributed by atoms with Crippen molar-refractivity contribution in [1.29, 1.82) is 0 Å². The predicted molar refractivity (Wildman–Crippen MR) is 140 cm³/mol. The Labute approximate surface area is 212 Å². The number of nitrogens with zero attached hydrogens (tertiary/aromatic N) is 5. The molecule has 0 N–H and O–H groups in total. The Morgan fingerprint density at radius 3 is 2.53 bits per heavy atom. The number of aromatic nitrogens is 5. The largest absolute Gasteiger partial charge is 0.465 e. The normalized spacial score (nSPS) is 13.1. The maximum atomic E-state index is 13.1. The van der Waals surface area contributed by atoms with Crippen LogP contribution in [0.25, 0.3) is 33.4 Å². The second kappa shape index (κ2) is 9.54. The van der Waals surface area contributed by atoms with Crippen molar-refractivity contribution < 1.29 is 9.53 Å². The van der Waals surface area contributed by atoms with E-state index in [2.05, 4.69) is 19.7 Å². The number of thioether (sulfide) groups is 1. The summed E-state index contributed by atoms with van der Waals surface area (Å²) in [6, 6.07) is 22.1. The van der Waals surface area contributed by atoms with Gasteiger partial charge in [-0.15, -0.1) is 10.2 Å². The lowest BCUT2D eigenvalue weighted by molar-refractivity contribution is 0.0600. The molecule has 1 fully saturated rings. The maximum absolute atomic E-state index is 13.1. The van der Waals surface area contributed by atoms with Crippen molar-refractivity contribution in [1.82, 2.24) is 24.7 Å². The van der Waals surface area contributed by atoms with Gasteiger partial charge in [0.2, 0.25) is 0 Å². The summed E-state index contributed by atoms with van der Waals surface area (Å²) < 4.78 is 7.44. The van der Waals surface area contributed by atoms with Crippen LogP contribution < -0.4 is 0 Å². The number of pyridine rings is 2. The highest BCUT2D eigenvalue weighted by Crippen LogP contribution is 2.42. The number of carbonyl (C=O) groups excluding carboxylic acids is 1. The molecule has 1 aliphatic rings. The lowest BCUT2D eigenvalue weighted by Crippen LogP contribution is -2.11. The van der Waals surface area contributed by atoms with Crippen molar-refractivity contribution in [2.24, 2.45) is 0 Å². The molecule has 0 bridgehead atoms. The third-order valence-electron chi connectivity index (χ3n) is 6.25. The molecule has 5 aromatic rings. The molecule has 0 atom stereocenters. The van der Waals surface area contributed by atoms with Crippen molar-refractivity contribution >= 4 is 28.6 Å². The molecule has 6 rings (SSSR count). The minimum absolute atomic E-state index is 0.377. The highest BCUT2D eigenvalue weighted by molar-refractivity contribution is 7.98. The van der Waals surface area contributed by atoms with Gasteiger partial charge in [0.15, 0.2) is 11.0 Å². The van der Waals surface area contributed by atoms with Crippen molar-refractivity contribution in [2.75, 3.05) is 7.11 Å². The second-order valence-electron chi connectivity index (χ2n) is 8.62. The molecule has 0 aliphatic heterocycles. The number of fused-ring (bicyclic) bond motifs is 1. The van der Waals surface area contributed by atoms with Crippen molar-refractivity contribution in [3.8, 4) is 22.5 Å². The average Bonchev–Trinajstić information content (AvgIpc) is 3.69. The number of para-hydroxylation sites is 1. The van der Waals surface area contributed by atoms with E-state index in [1.165, 1.54) is 18.9 Å². The summed E-state index contributed by atoms with van der Waals surface area (Å²) >= 11 is 1.54. The fourth-order valence-electron chi connectivity index (χ4n) is 4.46. The van der Waals surface area contributed by atoms with Gasteiger partial charge in [-0.2, -0.15) is 0 Å². The van der Waals surface area contributed by atoms with Gasteiger partial charge in [0.25, 0.3) is 0 Å². The van der Waals surface area contributed by atoms with Crippen LogP contribution in [0.15, 0.2) is 84.3 Å². The van der Waals surface area contributed by atoms with E-state index in [1.54, 1.807) is 6.20 Å². The van der Waals surface area contributed by atoms with Crippen LogP contribution in [-0.2, 0) is 10.5 Å². The molecule has 2 aromatic carbocycles. The van der Waals surface area contributed by atoms with Crippen LogP contribution in [-0.4, -0.2) is 37.8 Å². The SMILES string of the molecule is COC(=O)c1c(CSc2nnc(-c3cccnc3)n2C2CC2)nc2ccccc2c1-c1ccccc1. The Morgan fingerprint density at radius 1 is 1.00 bits per heavy atom. The summed E-state index contributed by atoms with van der Waals surface area (Å²) in [6.45, 7) is 0. The first-order valence-corrected chi connectivity index (χ1v) is 12.8. The molecule has 178 valence electrons. The van der Waals surface area contributed by atoms with Gasteiger partial charge in [-0.25, -0.2) is 4.79 Å². The Morgan fingerprint density at radius 2 is 1.78 bits per heavy atom. The van der Waals surface area contributed by atoms with Gasteiger partial charge in [-0.3, -0.25) is 14.5 Å². The first kappa shape index (κ1) is 22.4. The molecular formula is C28H23N5O2S. The van der Waals surface area contributed by atoms with Crippen molar-refractivity contribution in [3.05, 3.63) is 90.4 Å². The first-order chi connectivity index (χ1) is 17.7. The van der Waals surface area contributed by atoms with Gasteiger partial charge in [0, 0.05) is 40.7 Å². The Bertz CT molecular complexity index is 1550. The Hall–Kier alpha value is -4.04. The average molecular weight is 494 g/mol. The summed E-state index contributed by atoms with van der Waals surface area (Å²) in [4.78, 5) is 22.3. The van der Waals surface area contributed by atoms with E-state index < -0.39 is 5.97 Å². The van der Waals surface area contributed by atoms with Crippen LogP contribution in [0.1, 0.15) is 34.9 Å². The number of esters is 1. The summed E-state index contributed by atoms with van der Waals surface area (Å²) in [5, 5.41) is 10.7. The standard InChI is InChI=1S/C28H23N5O2S/c1-35-27(34)25-23(30-22-12-6-5-11-21(22)24(25)18-8-3-2-4-9-18)17-36-28-32-31-26(33(28)20-13-14-20)19-10-7-15-29-16-19/h2-12,15-16,20H,13-14,17H2,1H3. The Kier molecular flexibility index (Phi) is 5.95. The molecule has 36 heavy (non-hydrogen) atoms. The molecule has 0 unspecified atom stereocenters. The quantitative estimate of drug-likeness (QED) is 0.204. The molecule has 3 heterocycles. The zero-order valence-electron chi connectivity index (χ0n) is 19.7. The van der Waals surface area contributed by atoms with Crippen LogP contribution in [0.5, 0.6) is 0 Å². The molecular weight excluding hydrogens is 470 g/mol. The molecule has 3 aromatic heterocycles. The van der Waals surface area contributed by atoms with Crippen LogP contribution >= 0.6 is 11.8 Å². The molecule has 0 amide bonds. The minimum Gasteiger partial charge on any atom is -0.465 e. The first-order valence-electron chi connectivity index (χ1n) is 11.8. The van der Waals surface area contributed by atoms with Crippen LogP contribution in [0.3, 0.4) is 0 Å². The Balaban J connectivity index is 1.45. The number of carbonyl (C=O) groups is 1. The summed E-state index contributed by atoms with van der Waals surface area (Å²) in [5.74, 6) is 0.868. The van der Waals surface area contributed by atoms with Crippen LogP contribution in [0, 0.1) is 0 Å². The van der Waals surface area contributed by atoms with Crippen molar-refractivity contribution in [3.63, 3.8) is 0 Å². The number of benzene rings is 2. The van der Waals surface area contributed by atoms with E-state index in [-0.39, 0.29) is 0 Å². The van der Waals surface area contributed by atoms with E-state index in [0.29, 0.717) is 23.1 Å². The molecule has 0 spiro atoms. The van der Waals surface area contributed by atoms with Gasteiger partial charge in [0.05, 0.1) is 23.9 Å². The highest BCUT2D eigenvalue weighted by Gasteiger charge is 2.31. The van der Waals surface area contributed by atoms with E-state index in [9.17, 15) is 4.79 Å². The topological polar surface area (TPSA) is 82.8 Å². The zero-order valence-corrected chi connectivity index (χ0v) is 20.5. The second-order valence-corrected chi connectivity index (χ2v) is 9.56. The van der Waals surface area contributed by atoms with Gasteiger partial charge >= 0.3 is 5.97 Å². The van der Waals surface area contributed by atoms with E-state index >= 15 is 0 Å². The third-order valence-corrected chi connectivity index (χ3v) is 7.21. The van der Waals surface area contributed by atoms with Crippen molar-refractivity contribution in [2.45, 2.75) is 29.8 Å². The van der Waals surface area contributed by atoms with Gasteiger partial charge in [0.1, 0.15) is 0 Å². The molecule has 0 radical (unpaired) electrons. The lowest BCUT2D eigenvalue weighted by Gasteiger charge is -2.16. The molecule has 8 heteroatoms. The molecule has 0 saturated heterocycles. The molecule has 1 aliphatic carbocycles. The maximum Gasteiger partial charge on any atom is 0.340 e. The number of ether oxygens (including phenoxy) is 1. The smallest absolute Gasteiger partial charge is 0.340 e. The highest BCUT2D eigenvalue weighted by atomic mass is 32.2. The monoisotopic (exact) mass is 493 g/mol. The number of rotatable bonds is 7. The van der Waals surface area contributed by atoms with E-state index in [1.807, 2.05) is 72.9 Å². The van der Waals surface area contributed by atoms with Crippen LogP contribution in [0.4, 0.5) is 0 Å². The number of methoxy groups -OCH3 is 1. The number of hydrogen-bond acceptors (Lipinski definition) is 7. The minimum atomic E-state index is -0.401. The third kappa shape index (κ3) is 4.13. The molecule has 1 saturated carbocycles. The molecule has 7 nitrogen and oxygen atoms in total. The van der Waals surface area contributed by atoms with Gasteiger partial charge < -0.3 is 4.74 Å².